The van der Waals surface area contributed by atoms with Crippen LogP contribution in [-0.4, -0.2) is 24.5 Å². The van der Waals surface area contributed by atoms with Gasteiger partial charge in [0, 0.05) is 18.2 Å². The minimum atomic E-state index is -0.517. The summed E-state index contributed by atoms with van der Waals surface area (Å²) in [5, 5.41) is 3.11. The Labute approximate surface area is 197 Å². The zero-order valence-electron chi connectivity index (χ0n) is 19.9. The van der Waals surface area contributed by atoms with Crippen LogP contribution in [0.4, 0.5) is 11.4 Å². The molecule has 176 valence electrons. The highest BCUT2D eigenvalue weighted by atomic mass is 16.5. The summed E-state index contributed by atoms with van der Waals surface area (Å²) in [6.07, 6.45) is 8.30. The Morgan fingerprint density at radius 1 is 1.09 bits per heavy atom. The Kier molecular flexibility index (Phi) is 7.69. The molecule has 2 aromatic rings. The van der Waals surface area contributed by atoms with E-state index in [2.05, 4.69) is 24.4 Å². The largest absolute Gasteiger partial charge is 0.479 e. The SMILES string of the molecule is CCCCC1CCC(C(=O)Nc2ccc3c(c2)N(CCc2ccccc2)C(=O)C(C)O3)CC1. The van der Waals surface area contributed by atoms with E-state index in [1.165, 1.54) is 24.8 Å². The highest BCUT2D eigenvalue weighted by molar-refractivity contribution is 6.01. The van der Waals surface area contributed by atoms with E-state index in [4.69, 9.17) is 4.74 Å². The second-order valence-electron chi connectivity index (χ2n) is 9.52. The number of anilines is 2. The van der Waals surface area contributed by atoms with Crippen LogP contribution in [0.15, 0.2) is 48.5 Å². The molecule has 0 radical (unpaired) electrons. The number of fused-ring (bicyclic) bond motifs is 1. The molecule has 0 aromatic heterocycles. The number of benzene rings is 2. The third kappa shape index (κ3) is 5.76. The van der Waals surface area contributed by atoms with Crippen molar-refractivity contribution in [1.82, 2.24) is 0 Å². The first kappa shape index (κ1) is 23.3. The molecule has 5 nitrogen and oxygen atoms in total. The molecule has 1 unspecified atom stereocenters. The molecule has 1 N–H and O–H groups in total. The van der Waals surface area contributed by atoms with Gasteiger partial charge in [-0.15, -0.1) is 0 Å². The highest BCUT2D eigenvalue weighted by Gasteiger charge is 2.32. The van der Waals surface area contributed by atoms with Gasteiger partial charge >= 0.3 is 0 Å². The predicted octanol–water partition coefficient (Wildman–Crippen LogP) is 5.98. The third-order valence-corrected chi connectivity index (χ3v) is 7.09. The standard InChI is InChI=1S/C28H36N2O3/c1-3-4-8-22-11-13-23(14-12-22)27(31)29-24-15-16-26-25(19-24)30(28(32)20(2)33-26)18-17-21-9-6-5-7-10-21/h5-7,9-10,15-16,19-20,22-23H,3-4,8,11-14,17-18H2,1-2H3,(H,29,31). The Morgan fingerprint density at radius 3 is 2.58 bits per heavy atom. The summed E-state index contributed by atoms with van der Waals surface area (Å²) in [7, 11) is 0. The van der Waals surface area contributed by atoms with Gasteiger partial charge in [-0.3, -0.25) is 9.59 Å². The molecule has 33 heavy (non-hydrogen) atoms. The van der Waals surface area contributed by atoms with Crippen molar-refractivity contribution in [3.63, 3.8) is 0 Å². The van der Waals surface area contributed by atoms with Gasteiger partial charge in [-0.05, 0) is 68.7 Å². The van der Waals surface area contributed by atoms with Crippen LogP contribution in [0, 0.1) is 11.8 Å². The lowest BCUT2D eigenvalue weighted by molar-refractivity contribution is -0.125. The number of ether oxygens (including phenoxy) is 1. The number of nitrogens with zero attached hydrogens (tertiary/aromatic N) is 1. The van der Waals surface area contributed by atoms with Crippen LogP contribution in [-0.2, 0) is 16.0 Å². The first-order valence-corrected chi connectivity index (χ1v) is 12.5. The number of carbonyl (C=O) groups is 2. The number of rotatable bonds is 8. The maximum absolute atomic E-state index is 12.9. The molecule has 0 saturated heterocycles. The van der Waals surface area contributed by atoms with Crippen molar-refractivity contribution >= 4 is 23.2 Å². The Hall–Kier alpha value is -2.82. The fourth-order valence-electron chi connectivity index (χ4n) is 5.05. The Balaban J connectivity index is 1.42. The zero-order valence-corrected chi connectivity index (χ0v) is 19.9. The highest BCUT2D eigenvalue weighted by Crippen LogP contribution is 2.37. The molecule has 1 aliphatic heterocycles. The number of hydrogen-bond acceptors (Lipinski definition) is 3. The molecule has 1 atom stereocenters. The van der Waals surface area contributed by atoms with E-state index < -0.39 is 6.10 Å². The van der Waals surface area contributed by atoms with Crippen molar-refractivity contribution < 1.29 is 14.3 Å². The van der Waals surface area contributed by atoms with Gasteiger partial charge in [0.05, 0.1) is 5.69 Å². The number of nitrogens with one attached hydrogen (secondary N) is 1. The molecule has 2 aromatic carbocycles. The normalized spacial score (nSPS) is 22.4. The molecule has 1 aliphatic carbocycles. The van der Waals surface area contributed by atoms with Crippen LogP contribution >= 0.6 is 0 Å². The molecule has 5 heteroatoms. The number of carbonyl (C=O) groups excluding carboxylic acids is 2. The first-order chi connectivity index (χ1) is 16.0. The lowest BCUT2D eigenvalue weighted by Gasteiger charge is -2.33. The van der Waals surface area contributed by atoms with Crippen molar-refractivity contribution in [2.24, 2.45) is 11.8 Å². The van der Waals surface area contributed by atoms with E-state index in [-0.39, 0.29) is 17.7 Å². The van der Waals surface area contributed by atoms with E-state index in [1.54, 1.807) is 11.8 Å². The van der Waals surface area contributed by atoms with E-state index in [1.807, 2.05) is 36.4 Å². The summed E-state index contributed by atoms with van der Waals surface area (Å²) >= 11 is 0. The molecule has 4 rings (SSSR count). The summed E-state index contributed by atoms with van der Waals surface area (Å²) in [6.45, 7) is 4.59. The van der Waals surface area contributed by atoms with Crippen LogP contribution < -0.4 is 15.0 Å². The van der Waals surface area contributed by atoms with Gasteiger partial charge in [0.25, 0.3) is 5.91 Å². The van der Waals surface area contributed by atoms with Crippen molar-refractivity contribution in [1.29, 1.82) is 0 Å². The van der Waals surface area contributed by atoms with Gasteiger partial charge in [-0.2, -0.15) is 0 Å². The van der Waals surface area contributed by atoms with Crippen LogP contribution in [0.5, 0.6) is 5.75 Å². The van der Waals surface area contributed by atoms with Crippen LogP contribution in [0.2, 0.25) is 0 Å². The minimum Gasteiger partial charge on any atom is -0.479 e. The second kappa shape index (κ2) is 10.9. The molecule has 1 fully saturated rings. The Bertz CT molecular complexity index is 951. The van der Waals surface area contributed by atoms with Crippen molar-refractivity contribution in [3.05, 3.63) is 54.1 Å². The quantitative estimate of drug-likeness (QED) is 0.541. The third-order valence-electron chi connectivity index (χ3n) is 7.09. The van der Waals surface area contributed by atoms with Gasteiger partial charge in [-0.1, -0.05) is 56.5 Å². The van der Waals surface area contributed by atoms with Crippen LogP contribution in [0.25, 0.3) is 0 Å². The maximum Gasteiger partial charge on any atom is 0.267 e. The predicted molar refractivity (Wildman–Crippen MR) is 133 cm³/mol. The average Bonchev–Trinajstić information content (AvgIpc) is 2.84. The van der Waals surface area contributed by atoms with Gasteiger partial charge in [0.1, 0.15) is 5.75 Å². The van der Waals surface area contributed by atoms with Crippen molar-refractivity contribution in [2.75, 3.05) is 16.8 Å². The van der Waals surface area contributed by atoms with Gasteiger partial charge in [0.2, 0.25) is 5.91 Å². The Morgan fingerprint density at radius 2 is 1.85 bits per heavy atom. The summed E-state index contributed by atoms with van der Waals surface area (Å²) in [4.78, 5) is 27.6. The summed E-state index contributed by atoms with van der Waals surface area (Å²) in [5.41, 5.74) is 2.64. The number of hydrogen-bond donors (Lipinski definition) is 1. The average molecular weight is 449 g/mol. The summed E-state index contributed by atoms with van der Waals surface area (Å²) in [5.74, 6) is 1.58. The smallest absolute Gasteiger partial charge is 0.267 e. The lowest BCUT2D eigenvalue weighted by atomic mass is 9.79. The number of unbranched alkanes of at least 4 members (excludes halogenated alkanes) is 1. The first-order valence-electron chi connectivity index (χ1n) is 12.5. The molecule has 1 saturated carbocycles. The van der Waals surface area contributed by atoms with E-state index in [9.17, 15) is 9.59 Å². The maximum atomic E-state index is 12.9. The molecule has 1 heterocycles. The van der Waals surface area contributed by atoms with Crippen molar-refractivity contribution in [3.8, 4) is 5.75 Å². The zero-order chi connectivity index (χ0) is 23.2. The molecule has 2 amide bonds. The van der Waals surface area contributed by atoms with Gasteiger partial charge in [-0.25, -0.2) is 0 Å². The molecular formula is C28H36N2O3. The molecule has 0 spiro atoms. The monoisotopic (exact) mass is 448 g/mol. The molecular weight excluding hydrogens is 412 g/mol. The van der Waals surface area contributed by atoms with Gasteiger partial charge < -0.3 is 15.0 Å². The topological polar surface area (TPSA) is 58.6 Å². The van der Waals surface area contributed by atoms with Crippen LogP contribution in [0.1, 0.15) is 64.4 Å². The molecule has 0 bridgehead atoms. The van der Waals surface area contributed by atoms with Crippen molar-refractivity contribution in [2.45, 2.75) is 71.3 Å². The van der Waals surface area contributed by atoms with Gasteiger partial charge in [0.15, 0.2) is 6.10 Å². The van der Waals surface area contributed by atoms with E-state index in [0.717, 1.165) is 49.4 Å². The number of amides is 2. The van der Waals surface area contributed by atoms with E-state index >= 15 is 0 Å². The van der Waals surface area contributed by atoms with Crippen LogP contribution in [0.3, 0.4) is 0 Å². The fourth-order valence-corrected chi connectivity index (χ4v) is 5.05. The second-order valence-corrected chi connectivity index (χ2v) is 9.52. The minimum absolute atomic E-state index is 0.0488. The van der Waals surface area contributed by atoms with E-state index in [0.29, 0.717) is 12.3 Å². The lowest BCUT2D eigenvalue weighted by Crippen LogP contribution is -2.45. The summed E-state index contributed by atoms with van der Waals surface area (Å²) in [6, 6.07) is 15.8. The summed E-state index contributed by atoms with van der Waals surface area (Å²) < 4.78 is 5.84. The molecule has 2 aliphatic rings. The fraction of sp³-hybridized carbons (Fsp3) is 0.500.